The van der Waals surface area contributed by atoms with Gasteiger partial charge in [-0.1, -0.05) is 11.6 Å². The number of carbonyl (C=O) groups is 2. The highest BCUT2D eigenvalue weighted by molar-refractivity contribution is 5.75. The smallest absolute Gasteiger partial charge is 0.410 e. The van der Waals surface area contributed by atoms with Gasteiger partial charge in [-0.15, -0.1) is 0 Å². The summed E-state index contributed by atoms with van der Waals surface area (Å²) in [6.07, 6.45) is 4.03. The van der Waals surface area contributed by atoms with Crippen LogP contribution in [0, 0.1) is 0 Å². The minimum atomic E-state index is -0.449. The third-order valence-electron chi connectivity index (χ3n) is 2.75. The summed E-state index contributed by atoms with van der Waals surface area (Å²) < 4.78 is 5.31. The topological polar surface area (TPSA) is 46.6 Å². The van der Waals surface area contributed by atoms with Gasteiger partial charge in [0.2, 0.25) is 0 Å². The number of hydrogen-bond donors (Lipinski definition) is 0. The van der Waals surface area contributed by atoms with Gasteiger partial charge in [0, 0.05) is 19.5 Å². The maximum absolute atomic E-state index is 11.8. The molecule has 1 amide bonds. The fourth-order valence-corrected chi connectivity index (χ4v) is 1.77. The third kappa shape index (κ3) is 5.34. The van der Waals surface area contributed by atoms with E-state index in [0.717, 1.165) is 12.8 Å². The minimum Gasteiger partial charge on any atom is -0.444 e. The molecule has 0 aliphatic carbocycles. The van der Waals surface area contributed by atoms with Crippen molar-refractivity contribution in [3.05, 3.63) is 11.6 Å². The molecule has 0 fully saturated rings. The first-order valence-corrected chi connectivity index (χ1v) is 6.43. The molecule has 102 valence electrons. The Morgan fingerprint density at radius 1 is 1.39 bits per heavy atom. The van der Waals surface area contributed by atoms with Gasteiger partial charge in [0.25, 0.3) is 0 Å². The zero-order chi connectivity index (χ0) is 13.8. The monoisotopic (exact) mass is 253 g/mol. The summed E-state index contributed by atoms with van der Waals surface area (Å²) in [5.41, 5.74) is 0.820. The Hall–Kier alpha value is -1.32. The van der Waals surface area contributed by atoms with Crippen LogP contribution in [0.15, 0.2) is 11.6 Å². The fraction of sp³-hybridized carbons (Fsp3) is 0.714. The SMILES string of the molecule is CC(=O)CCC1=CCN(C(=O)OC(C)(C)C)CC1. The van der Waals surface area contributed by atoms with E-state index >= 15 is 0 Å². The second-order valence-corrected chi connectivity index (χ2v) is 5.74. The quantitative estimate of drug-likeness (QED) is 0.726. The molecule has 0 radical (unpaired) electrons. The van der Waals surface area contributed by atoms with Gasteiger partial charge < -0.3 is 14.4 Å². The predicted octanol–water partition coefficient (Wildman–Crippen LogP) is 2.92. The molecule has 0 unspecified atom stereocenters. The highest BCUT2D eigenvalue weighted by Gasteiger charge is 2.23. The van der Waals surface area contributed by atoms with Crippen molar-refractivity contribution in [3.63, 3.8) is 0 Å². The molecule has 18 heavy (non-hydrogen) atoms. The van der Waals surface area contributed by atoms with Crippen LogP contribution in [-0.2, 0) is 9.53 Å². The van der Waals surface area contributed by atoms with Crippen LogP contribution in [0.4, 0.5) is 4.79 Å². The lowest BCUT2D eigenvalue weighted by atomic mass is 10.0. The standard InChI is InChI=1S/C14H23NO3/c1-11(16)5-6-12-7-9-15(10-8-12)13(17)18-14(2,3)4/h7H,5-6,8-10H2,1-4H3. The van der Waals surface area contributed by atoms with Gasteiger partial charge in [-0.3, -0.25) is 0 Å². The van der Waals surface area contributed by atoms with Crippen LogP contribution < -0.4 is 0 Å². The van der Waals surface area contributed by atoms with Gasteiger partial charge in [-0.05, 0) is 40.5 Å². The number of ether oxygens (including phenoxy) is 1. The van der Waals surface area contributed by atoms with Gasteiger partial charge in [0.05, 0.1) is 0 Å². The molecule has 1 aliphatic heterocycles. The second kappa shape index (κ2) is 6.03. The predicted molar refractivity (Wildman–Crippen MR) is 70.4 cm³/mol. The summed E-state index contributed by atoms with van der Waals surface area (Å²) in [4.78, 5) is 24.4. The molecule has 0 atom stereocenters. The summed E-state index contributed by atoms with van der Waals surface area (Å²) in [5, 5.41) is 0. The van der Waals surface area contributed by atoms with Crippen molar-refractivity contribution in [1.82, 2.24) is 4.90 Å². The van der Waals surface area contributed by atoms with Crippen molar-refractivity contribution in [2.24, 2.45) is 0 Å². The van der Waals surface area contributed by atoms with E-state index in [0.29, 0.717) is 19.5 Å². The molecule has 0 aromatic heterocycles. The first-order chi connectivity index (χ1) is 8.28. The normalized spacial score (nSPS) is 16.2. The van der Waals surface area contributed by atoms with Crippen LogP contribution in [0.1, 0.15) is 47.0 Å². The number of ketones is 1. The largest absolute Gasteiger partial charge is 0.444 e. The fourth-order valence-electron chi connectivity index (χ4n) is 1.77. The van der Waals surface area contributed by atoms with E-state index < -0.39 is 5.60 Å². The molecule has 0 saturated heterocycles. The lowest BCUT2D eigenvalue weighted by Crippen LogP contribution is -2.39. The van der Waals surface area contributed by atoms with Gasteiger partial charge in [0.15, 0.2) is 0 Å². The Bertz CT molecular complexity index is 353. The van der Waals surface area contributed by atoms with Crippen molar-refractivity contribution >= 4 is 11.9 Å². The summed E-state index contributed by atoms with van der Waals surface area (Å²) in [5.74, 6) is 0.213. The van der Waals surface area contributed by atoms with Gasteiger partial charge in [0.1, 0.15) is 11.4 Å². The zero-order valence-corrected chi connectivity index (χ0v) is 11.8. The van der Waals surface area contributed by atoms with Crippen molar-refractivity contribution < 1.29 is 14.3 Å². The molecule has 0 aromatic carbocycles. The van der Waals surface area contributed by atoms with Crippen LogP contribution in [0.2, 0.25) is 0 Å². The summed E-state index contributed by atoms with van der Waals surface area (Å²) in [6, 6.07) is 0. The summed E-state index contributed by atoms with van der Waals surface area (Å²) >= 11 is 0. The average Bonchev–Trinajstić information content (AvgIpc) is 2.24. The van der Waals surface area contributed by atoms with Crippen LogP contribution in [0.25, 0.3) is 0 Å². The summed E-state index contributed by atoms with van der Waals surface area (Å²) in [7, 11) is 0. The molecule has 0 N–H and O–H groups in total. The maximum atomic E-state index is 11.8. The van der Waals surface area contributed by atoms with Gasteiger partial charge in [-0.25, -0.2) is 4.79 Å². The Balaban J connectivity index is 2.42. The van der Waals surface area contributed by atoms with Gasteiger partial charge in [-0.2, -0.15) is 0 Å². The minimum absolute atomic E-state index is 0.213. The van der Waals surface area contributed by atoms with Crippen molar-refractivity contribution in [1.29, 1.82) is 0 Å². The third-order valence-corrected chi connectivity index (χ3v) is 2.75. The maximum Gasteiger partial charge on any atom is 0.410 e. The van der Waals surface area contributed by atoms with Crippen molar-refractivity contribution in [2.45, 2.75) is 52.6 Å². The number of nitrogens with zero attached hydrogens (tertiary/aromatic N) is 1. The number of rotatable bonds is 3. The number of amides is 1. The molecule has 0 aromatic rings. The molecular weight excluding hydrogens is 230 g/mol. The molecule has 0 spiro atoms. The Labute approximate surface area is 109 Å². The van der Waals surface area contributed by atoms with Crippen LogP contribution in [0.3, 0.4) is 0 Å². The van der Waals surface area contributed by atoms with Gasteiger partial charge >= 0.3 is 6.09 Å². The van der Waals surface area contributed by atoms with Crippen LogP contribution in [-0.4, -0.2) is 35.5 Å². The molecule has 1 heterocycles. The first kappa shape index (κ1) is 14.7. The zero-order valence-electron chi connectivity index (χ0n) is 11.8. The van der Waals surface area contributed by atoms with E-state index in [1.165, 1.54) is 5.57 Å². The number of hydrogen-bond acceptors (Lipinski definition) is 3. The Morgan fingerprint density at radius 3 is 2.50 bits per heavy atom. The lowest BCUT2D eigenvalue weighted by molar-refractivity contribution is -0.117. The molecule has 0 bridgehead atoms. The Kier molecular flexibility index (Phi) is 4.93. The van der Waals surface area contributed by atoms with Crippen molar-refractivity contribution in [3.8, 4) is 0 Å². The Morgan fingerprint density at radius 2 is 2.06 bits per heavy atom. The average molecular weight is 253 g/mol. The van der Waals surface area contributed by atoms with E-state index in [1.54, 1.807) is 11.8 Å². The molecule has 4 heteroatoms. The summed E-state index contributed by atoms with van der Waals surface area (Å²) in [6.45, 7) is 8.46. The molecule has 4 nitrogen and oxygen atoms in total. The molecule has 1 aliphatic rings. The van der Waals surface area contributed by atoms with E-state index in [2.05, 4.69) is 0 Å². The highest BCUT2D eigenvalue weighted by atomic mass is 16.6. The molecule has 1 rings (SSSR count). The molecule has 0 saturated carbocycles. The van der Waals surface area contributed by atoms with E-state index in [-0.39, 0.29) is 11.9 Å². The van der Waals surface area contributed by atoms with Crippen LogP contribution >= 0.6 is 0 Å². The lowest BCUT2D eigenvalue weighted by Gasteiger charge is -2.29. The molecular formula is C14H23NO3. The van der Waals surface area contributed by atoms with Crippen LogP contribution in [0.5, 0.6) is 0 Å². The number of Topliss-reactive ketones (excluding diaryl/α,β-unsaturated/α-hetero) is 1. The highest BCUT2D eigenvalue weighted by Crippen LogP contribution is 2.18. The van der Waals surface area contributed by atoms with Crippen molar-refractivity contribution in [2.75, 3.05) is 13.1 Å². The number of carbonyl (C=O) groups excluding carboxylic acids is 2. The van der Waals surface area contributed by atoms with E-state index in [9.17, 15) is 9.59 Å². The second-order valence-electron chi connectivity index (χ2n) is 5.74. The van der Waals surface area contributed by atoms with E-state index in [1.807, 2.05) is 26.8 Å². The van der Waals surface area contributed by atoms with E-state index in [4.69, 9.17) is 4.74 Å². The first-order valence-electron chi connectivity index (χ1n) is 6.43.